The lowest BCUT2D eigenvalue weighted by Gasteiger charge is -2.10. The first-order valence-corrected chi connectivity index (χ1v) is 5.26. The van der Waals surface area contributed by atoms with Gasteiger partial charge in [0.2, 0.25) is 0 Å². The Morgan fingerprint density at radius 2 is 1.67 bits per heavy atom. The predicted molar refractivity (Wildman–Crippen MR) is 59.7 cm³/mol. The zero-order chi connectivity index (χ0) is 12.3. The van der Waals surface area contributed by atoms with Gasteiger partial charge in [-0.15, -0.1) is 0 Å². The third kappa shape index (κ3) is 19.8. The molecule has 0 aromatic heterocycles. The fraction of sp³-hybridized carbons (Fsp3) is 0.909. The molecule has 0 atom stereocenters. The first-order chi connectivity index (χ1) is 6.87. The number of ether oxygens (including phenoxy) is 2. The minimum Gasteiger partial charge on any atom is -0.390 e. The molecule has 4 heteroatoms. The molecule has 0 rings (SSSR count). The number of hydrogen-bond donors (Lipinski definition) is 1. The smallest absolute Gasteiger partial charge is 0.154 e. The summed E-state index contributed by atoms with van der Waals surface area (Å²) >= 11 is 0. The van der Waals surface area contributed by atoms with Crippen LogP contribution in [0.5, 0.6) is 0 Å². The van der Waals surface area contributed by atoms with Gasteiger partial charge in [0.1, 0.15) is 6.29 Å². The topological polar surface area (TPSA) is 55.8 Å². The summed E-state index contributed by atoms with van der Waals surface area (Å²) < 4.78 is 10.1. The van der Waals surface area contributed by atoms with E-state index in [4.69, 9.17) is 14.6 Å². The average Bonchev–Trinajstić information content (AvgIpc) is 2.03. The fourth-order valence-electron chi connectivity index (χ4n) is 0.721. The Kier molecular flexibility index (Phi) is 11.4. The van der Waals surface area contributed by atoms with E-state index >= 15 is 0 Å². The molecule has 0 heterocycles. The van der Waals surface area contributed by atoms with Gasteiger partial charge in [-0.2, -0.15) is 0 Å². The summed E-state index contributed by atoms with van der Waals surface area (Å²) in [5.41, 5.74) is -0.818. The summed E-state index contributed by atoms with van der Waals surface area (Å²) in [6.45, 7) is 10.4. The Hall–Kier alpha value is -0.450. The molecule has 0 aliphatic carbocycles. The molecule has 0 aromatic rings. The lowest BCUT2D eigenvalue weighted by Crippen LogP contribution is -2.18. The molecule has 0 saturated carbocycles. The van der Waals surface area contributed by atoms with E-state index in [0.717, 1.165) is 13.2 Å². The van der Waals surface area contributed by atoms with E-state index in [-0.39, 0.29) is 12.7 Å². The Balaban J connectivity index is 0. The van der Waals surface area contributed by atoms with E-state index in [2.05, 4.69) is 0 Å². The number of carbonyl (C=O) groups is 1. The van der Waals surface area contributed by atoms with Gasteiger partial charge in [0.25, 0.3) is 0 Å². The van der Waals surface area contributed by atoms with E-state index in [1.54, 1.807) is 13.8 Å². The summed E-state index contributed by atoms with van der Waals surface area (Å²) in [6.07, 6.45) is 0.887. The van der Waals surface area contributed by atoms with E-state index in [9.17, 15) is 4.79 Å². The molecule has 0 saturated heterocycles. The highest BCUT2D eigenvalue weighted by molar-refractivity contribution is 5.50. The molecule has 0 bridgehead atoms. The van der Waals surface area contributed by atoms with Gasteiger partial charge in [-0.3, -0.25) is 0 Å². The van der Waals surface area contributed by atoms with Crippen molar-refractivity contribution in [3.8, 4) is 0 Å². The molecule has 0 amide bonds. The lowest BCUT2D eigenvalue weighted by atomic mass is 10.1. The fourth-order valence-corrected chi connectivity index (χ4v) is 0.721. The monoisotopic (exact) mass is 220 g/mol. The van der Waals surface area contributed by atoms with Crippen LogP contribution < -0.4 is 0 Å². The Bertz CT molecular complexity index is 134. The van der Waals surface area contributed by atoms with Crippen molar-refractivity contribution >= 4 is 6.29 Å². The first kappa shape index (κ1) is 17.0. The minimum atomic E-state index is -0.818. The van der Waals surface area contributed by atoms with Crippen molar-refractivity contribution in [1.82, 2.24) is 0 Å². The third-order valence-corrected chi connectivity index (χ3v) is 1.39. The van der Waals surface area contributed by atoms with Crippen LogP contribution in [0.25, 0.3) is 0 Å². The zero-order valence-corrected chi connectivity index (χ0v) is 10.4. The second-order valence-electron chi connectivity index (χ2n) is 3.66. The molecule has 1 N–H and O–H groups in total. The molecule has 92 valence electrons. The van der Waals surface area contributed by atoms with Crippen molar-refractivity contribution in [2.45, 2.75) is 52.9 Å². The maximum absolute atomic E-state index is 9.66. The van der Waals surface area contributed by atoms with E-state index in [1.165, 1.54) is 0 Å². The maximum atomic E-state index is 9.66. The molecule has 4 nitrogen and oxygen atoms in total. The normalized spacial score (nSPS) is 10.9. The van der Waals surface area contributed by atoms with Crippen molar-refractivity contribution < 1.29 is 19.4 Å². The Morgan fingerprint density at radius 3 is 1.80 bits per heavy atom. The van der Waals surface area contributed by atoms with Gasteiger partial charge in [0.15, 0.2) is 6.29 Å². The molecular weight excluding hydrogens is 196 g/mol. The number of aliphatic hydroxyl groups is 1. The van der Waals surface area contributed by atoms with Gasteiger partial charge in [-0.05, 0) is 34.6 Å². The van der Waals surface area contributed by atoms with Crippen LogP contribution in [-0.4, -0.2) is 36.5 Å². The van der Waals surface area contributed by atoms with Crippen molar-refractivity contribution in [1.29, 1.82) is 0 Å². The molecule has 15 heavy (non-hydrogen) atoms. The molecule has 0 aromatic carbocycles. The van der Waals surface area contributed by atoms with Crippen molar-refractivity contribution in [3.05, 3.63) is 0 Å². The number of aldehydes is 1. The SMILES string of the molecule is CC(C)(O)CC=O.CCOC(C)OCC. The Labute approximate surface area is 92.6 Å². The molecule has 0 unspecified atom stereocenters. The van der Waals surface area contributed by atoms with Gasteiger partial charge in [-0.1, -0.05) is 0 Å². The zero-order valence-electron chi connectivity index (χ0n) is 10.4. The number of rotatable bonds is 6. The van der Waals surface area contributed by atoms with Crippen LogP contribution in [-0.2, 0) is 14.3 Å². The van der Waals surface area contributed by atoms with Crippen LogP contribution in [0.15, 0.2) is 0 Å². The van der Waals surface area contributed by atoms with Gasteiger partial charge in [0, 0.05) is 19.6 Å². The van der Waals surface area contributed by atoms with Gasteiger partial charge >= 0.3 is 0 Å². The van der Waals surface area contributed by atoms with E-state index in [1.807, 2.05) is 20.8 Å². The van der Waals surface area contributed by atoms with Crippen LogP contribution in [0.3, 0.4) is 0 Å². The molecule has 0 aliphatic rings. The van der Waals surface area contributed by atoms with Crippen molar-refractivity contribution in [2.24, 2.45) is 0 Å². The number of hydrogen-bond acceptors (Lipinski definition) is 4. The summed E-state index contributed by atoms with van der Waals surface area (Å²) in [6, 6.07) is 0. The van der Waals surface area contributed by atoms with Gasteiger partial charge < -0.3 is 19.4 Å². The van der Waals surface area contributed by atoms with E-state index < -0.39 is 5.60 Å². The largest absolute Gasteiger partial charge is 0.390 e. The second kappa shape index (κ2) is 10.1. The van der Waals surface area contributed by atoms with E-state index in [0.29, 0.717) is 6.29 Å². The van der Waals surface area contributed by atoms with Crippen LogP contribution in [0.1, 0.15) is 41.0 Å². The molecule has 0 spiro atoms. The summed E-state index contributed by atoms with van der Waals surface area (Å²) in [4.78, 5) is 9.66. The van der Waals surface area contributed by atoms with Crippen molar-refractivity contribution in [3.63, 3.8) is 0 Å². The Morgan fingerprint density at radius 1 is 1.27 bits per heavy atom. The van der Waals surface area contributed by atoms with Crippen LogP contribution in [0, 0.1) is 0 Å². The quantitative estimate of drug-likeness (QED) is 0.547. The third-order valence-electron chi connectivity index (χ3n) is 1.39. The van der Waals surface area contributed by atoms with Crippen LogP contribution in [0.2, 0.25) is 0 Å². The summed E-state index contributed by atoms with van der Waals surface area (Å²) in [7, 11) is 0. The van der Waals surface area contributed by atoms with Gasteiger partial charge in [0.05, 0.1) is 5.60 Å². The lowest BCUT2D eigenvalue weighted by molar-refractivity contribution is -0.123. The first-order valence-electron chi connectivity index (χ1n) is 5.26. The van der Waals surface area contributed by atoms with Crippen LogP contribution >= 0.6 is 0 Å². The highest BCUT2D eigenvalue weighted by Gasteiger charge is 2.09. The molecule has 0 fully saturated rings. The molecule has 0 radical (unpaired) electrons. The summed E-state index contributed by atoms with van der Waals surface area (Å²) in [5.74, 6) is 0. The van der Waals surface area contributed by atoms with Gasteiger partial charge in [-0.25, -0.2) is 0 Å². The predicted octanol–water partition coefficient (Wildman–Crippen LogP) is 1.75. The van der Waals surface area contributed by atoms with Crippen LogP contribution in [0.4, 0.5) is 0 Å². The molecule has 0 aliphatic heterocycles. The second-order valence-corrected chi connectivity index (χ2v) is 3.66. The maximum Gasteiger partial charge on any atom is 0.154 e. The highest BCUT2D eigenvalue weighted by Crippen LogP contribution is 2.02. The summed E-state index contributed by atoms with van der Waals surface area (Å²) in [5, 5.41) is 8.79. The highest BCUT2D eigenvalue weighted by atomic mass is 16.7. The standard InChI is InChI=1S/C6H14O2.C5H10O2/c1-4-7-6(3)8-5-2;1-5(2,7)3-4-6/h6H,4-5H2,1-3H3;4,7H,3H2,1-2H3. The van der Waals surface area contributed by atoms with Crippen molar-refractivity contribution in [2.75, 3.05) is 13.2 Å². The average molecular weight is 220 g/mol. The number of carbonyl (C=O) groups excluding carboxylic acids is 1. The molecular formula is C11H24O4. The minimum absolute atomic E-state index is 0.0370.